The quantitative estimate of drug-likeness (QED) is 0.214. The van der Waals surface area contributed by atoms with E-state index in [-0.39, 0.29) is 12.4 Å². The van der Waals surface area contributed by atoms with Crippen molar-refractivity contribution >= 4 is 5.84 Å². The lowest BCUT2D eigenvalue weighted by Gasteiger charge is -2.03. The van der Waals surface area contributed by atoms with Crippen molar-refractivity contribution < 1.29 is 15.1 Å². The van der Waals surface area contributed by atoms with Crippen molar-refractivity contribution in [1.82, 2.24) is 0 Å². The molecule has 4 N–H and O–H groups in total. The van der Waals surface area contributed by atoms with Crippen LogP contribution >= 0.6 is 0 Å². The van der Waals surface area contributed by atoms with Gasteiger partial charge in [0.15, 0.2) is 5.84 Å². The first-order valence-corrected chi connectivity index (χ1v) is 4.53. The molecule has 0 atom stereocenters. The highest BCUT2D eigenvalue weighted by molar-refractivity contribution is 5.96. The second-order valence-corrected chi connectivity index (χ2v) is 2.96. The normalized spacial score (nSPS) is 11.7. The zero-order chi connectivity index (χ0) is 11.1. The third-order valence-electron chi connectivity index (χ3n) is 1.86. The molecule has 0 aliphatic carbocycles. The van der Waals surface area contributed by atoms with E-state index in [0.717, 1.165) is 5.56 Å². The fraction of sp³-hybridized carbons (Fsp3) is 0.300. The fourth-order valence-corrected chi connectivity index (χ4v) is 1.08. The van der Waals surface area contributed by atoms with Crippen LogP contribution in [0, 0.1) is 0 Å². The number of hydrogen-bond donors (Lipinski definition) is 3. The van der Waals surface area contributed by atoms with E-state index in [4.69, 9.17) is 20.8 Å². The van der Waals surface area contributed by atoms with E-state index >= 15 is 0 Å². The molecule has 0 amide bonds. The molecule has 0 saturated heterocycles. The molecule has 1 aromatic rings. The monoisotopic (exact) mass is 210 g/mol. The lowest BCUT2D eigenvalue weighted by molar-refractivity contribution is 0.0815. The molecule has 0 fully saturated rings. The van der Waals surface area contributed by atoms with Crippen LogP contribution in [0.25, 0.3) is 0 Å². The van der Waals surface area contributed by atoms with Crippen molar-refractivity contribution in [2.45, 2.75) is 6.61 Å². The maximum absolute atomic E-state index is 8.51. The molecular formula is C10H14N2O3. The average molecular weight is 210 g/mol. The first kappa shape index (κ1) is 11.5. The summed E-state index contributed by atoms with van der Waals surface area (Å²) >= 11 is 0. The third kappa shape index (κ3) is 3.57. The summed E-state index contributed by atoms with van der Waals surface area (Å²) < 4.78 is 5.13. The number of rotatable bonds is 5. The summed E-state index contributed by atoms with van der Waals surface area (Å²) in [5.41, 5.74) is 7.03. The Hall–Kier alpha value is -1.59. The first-order chi connectivity index (χ1) is 7.27. The van der Waals surface area contributed by atoms with Crippen molar-refractivity contribution in [3.63, 3.8) is 0 Å². The fourth-order valence-electron chi connectivity index (χ4n) is 1.08. The molecule has 0 aliphatic heterocycles. The average Bonchev–Trinajstić information content (AvgIpc) is 2.29. The van der Waals surface area contributed by atoms with Crippen LogP contribution in [-0.2, 0) is 11.3 Å². The van der Waals surface area contributed by atoms with E-state index < -0.39 is 0 Å². The van der Waals surface area contributed by atoms with Gasteiger partial charge in [-0.1, -0.05) is 29.4 Å². The minimum Gasteiger partial charge on any atom is -0.409 e. The highest BCUT2D eigenvalue weighted by atomic mass is 16.5. The standard InChI is InChI=1S/C10H14N2O3/c11-10(12-14)9-3-1-8(2-4-9)7-15-6-5-13/h1-4,13-14H,5-7H2,(H2,11,12). The number of amidine groups is 1. The summed E-state index contributed by atoms with van der Waals surface area (Å²) in [6.07, 6.45) is 0. The van der Waals surface area contributed by atoms with E-state index in [1.54, 1.807) is 12.1 Å². The lowest BCUT2D eigenvalue weighted by atomic mass is 10.1. The van der Waals surface area contributed by atoms with Gasteiger partial charge >= 0.3 is 0 Å². The second kappa shape index (κ2) is 6.00. The summed E-state index contributed by atoms with van der Waals surface area (Å²) in [6, 6.07) is 7.13. The largest absolute Gasteiger partial charge is 0.409 e. The van der Waals surface area contributed by atoms with E-state index in [1.165, 1.54) is 0 Å². The Morgan fingerprint density at radius 2 is 2.00 bits per heavy atom. The van der Waals surface area contributed by atoms with Crippen LogP contribution < -0.4 is 5.73 Å². The van der Waals surface area contributed by atoms with Crippen LogP contribution in [0.4, 0.5) is 0 Å². The topological polar surface area (TPSA) is 88.1 Å². The molecule has 0 heterocycles. The number of ether oxygens (including phenoxy) is 1. The van der Waals surface area contributed by atoms with E-state index in [2.05, 4.69) is 5.16 Å². The van der Waals surface area contributed by atoms with Gasteiger partial charge in [0, 0.05) is 5.56 Å². The zero-order valence-corrected chi connectivity index (χ0v) is 8.26. The predicted molar refractivity (Wildman–Crippen MR) is 55.7 cm³/mol. The maximum Gasteiger partial charge on any atom is 0.170 e. The summed E-state index contributed by atoms with van der Waals surface area (Å²) in [7, 11) is 0. The molecule has 1 aromatic carbocycles. The van der Waals surface area contributed by atoms with Crippen molar-refractivity contribution in [2.75, 3.05) is 13.2 Å². The van der Waals surface area contributed by atoms with Gasteiger partial charge in [0.05, 0.1) is 19.8 Å². The second-order valence-electron chi connectivity index (χ2n) is 2.96. The number of nitrogens with two attached hydrogens (primary N) is 1. The zero-order valence-electron chi connectivity index (χ0n) is 8.26. The highest BCUT2D eigenvalue weighted by Crippen LogP contribution is 2.05. The third-order valence-corrected chi connectivity index (χ3v) is 1.86. The van der Waals surface area contributed by atoms with Gasteiger partial charge in [-0.05, 0) is 5.56 Å². The number of oxime groups is 1. The van der Waals surface area contributed by atoms with Gasteiger partial charge < -0.3 is 20.8 Å². The van der Waals surface area contributed by atoms with Crippen LogP contribution in [0.5, 0.6) is 0 Å². The number of aliphatic hydroxyl groups is 1. The molecule has 5 nitrogen and oxygen atoms in total. The molecule has 1 rings (SSSR count). The minimum atomic E-state index is 0.0161. The van der Waals surface area contributed by atoms with Gasteiger partial charge in [-0.25, -0.2) is 0 Å². The molecule has 0 unspecified atom stereocenters. The number of nitrogens with zero attached hydrogens (tertiary/aromatic N) is 1. The van der Waals surface area contributed by atoms with Gasteiger partial charge in [0.25, 0.3) is 0 Å². The molecule has 5 heteroatoms. The van der Waals surface area contributed by atoms with E-state index in [1.807, 2.05) is 12.1 Å². The Kier molecular flexibility index (Phi) is 4.59. The Balaban J connectivity index is 2.56. The SMILES string of the molecule is N/C(=N\O)c1ccc(COCCO)cc1. The molecule has 0 saturated carbocycles. The number of aliphatic hydroxyl groups excluding tert-OH is 1. The van der Waals surface area contributed by atoms with Gasteiger partial charge in [-0.2, -0.15) is 0 Å². The Morgan fingerprint density at radius 3 is 2.53 bits per heavy atom. The van der Waals surface area contributed by atoms with Gasteiger partial charge in [0.2, 0.25) is 0 Å². The van der Waals surface area contributed by atoms with Crippen molar-refractivity contribution in [3.8, 4) is 0 Å². The molecule has 82 valence electrons. The lowest BCUT2D eigenvalue weighted by Crippen LogP contribution is -2.12. The van der Waals surface area contributed by atoms with E-state index in [0.29, 0.717) is 18.8 Å². The van der Waals surface area contributed by atoms with Gasteiger partial charge in [-0.15, -0.1) is 0 Å². The van der Waals surface area contributed by atoms with Crippen LogP contribution in [0.3, 0.4) is 0 Å². The first-order valence-electron chi connectivity index (χ1n) is 4.53. The van der Waals surface area contributed by atoms with Crippen LogP contribution in [-0.4, -0.2) is 29.4 Å². The molecular weight excluding hydrogens is 196 g/mol. The Morgan fingerprint density at radius 1 is 1.33 bits per heavy atom. The molecule has 0 spiro atoms. The van der Waals surface area contributed by atoms with Crippen LogP contribution in [0.1, 0.15) is 11.1 Å². The summed E-state index contributed by atoms with van der Waals surface area (Å²) in [4.78, 5) is 0. The predicted octanol–water partition coefficient (Wildman–Crippen LogP) is 0.290. The van der Waals surface area contributed by atoms with Gasteiger partial charge in [-0.3, -0.25) is 0 Å². The minimum absolute atomic E-state index is 0.0161. The van der Waals surface area contributed by atoms with E-state index in [9.17, 15) is 0 Å². The maximum atomic E-state index is 8.51. The van der Waals surface area contributed by atoms with Gasteiger partial charge in [0.1, 0.15) is 0 Å². The van der Waals surface area contributed by atoms with Crippen LogP contribution in [0.15, 0.2) is 29.4 Å². The highest BCUT2D eigenvalue weighted by Gasteiger charge is 1.98. The molecule has 0 aromatic heterocycles. The number of hydrogen-bond acceptors (Lipinski definition) is 4. The smallest absolute Gasteiger partial charge is 0.170 e. The van der Waals surface area contributed by atoms with Crippen LogP contribution in [0.2, 0.25) is 0 Å². The summed E-state index contributed by atoms with van der Waals surface area (Å²) in [5, 5.41) is 19.8. The molecule has 0 bridgehead atoms. The summed E-state index contributed by atoms with van der Waals surface area (Å²) in [6.45, 7) is 0.779. The summed E-state index contributed by atoms with van der Waals surface area (Å²) in [5.74, 6) is 0.0813. The Labute approximate surface area is 87.8 Å². The number of benzene rings is 1. The Bertz CT molecular complexity index is 322. The van der Waals surface area contributed by atoms with Crippen molar-refractivity contribution in [3.05, 3.63) is 35.4 Å². The molecule has 15 heavy (non-hydrogen) atoms. The van der Waals surface area contributed by atoms with Crippen molar-refractivity contribution in [2.24, 2.45) is 10.9 Å². The van der Waals surface area contributed by atoms with Crippen molar-refractivity contribution in [1.29, 1.82) is 0 Å². The molecule has 0 radical (unpaired) electrons. The molecule has 0 aliphatic rings.